The first-order valence-corrected chi connectivity index (χ1v) is 30.4. The largest absolute Gasteiger partial charge is 0.382 e. The number of Topliss-reactive ketones (excluding diaryl/α,β-unsaturated/α-hetero) is 1. The summed E-state index contributed by atoms with van der Waals surface area (Å²) in [5, 5.41) is 25.0. The summed E-state index contributed by atoms with van der Waals surface area (Å²) in [4.78, 5) is 84.7. The smallest absolute Gasteiger partial charge is 0.254 e. The molecule has 22 nitrogen and oxygen atoms in total. The molecule has 1 unspecified atom stereocenters. The Bertz CT molecular complexity index is 3080. The fraction of sp³-hybridized carbons (Fsp3) is 0.550. The average molecular weight is 1190 g/mol. The van der Waals surface area contributed by atoms with Crippen molar-refractivity contribution in [2.45, 2.75) is 95.2 Å². The van der Waals surface area contributed by atoms with Crippen LogP contribution in [0.1, 0.15) is 95.6 Å². The number of hydrogen-bond donors (Lipinski definition) is 4. The van der Waals surface area contributed by atoms with Gasteiger partial charge in [-0.1, -0.05) is 0 Å². The number of nitrogens with two attached hydrogens (primary N) is 1. The molecule has 2 bridgehead atoms. The van der Waals surface area contributed by atoms with Gasteiger partial charge < -0.3 is 60.2 Å². The third-order valence-electron chi connectivity index (χ3n) is 16.4. The zero-order valence-electron chi connectivity index (χ0n) is 48.6. The lowest BCUT2D eigenvalue weighted by Crippen LogP contribution is -2.58. The molecule has 0 spiro atoms. The van der Waals surface area contributed by atoms with Crippen molar-refractivity contribution in [1.82, 2.24) is 45.4 Å². The number of carbonyl (C=O) groups excluding carboxylic acids is 5. The Hall–Kier alpha value is -6.92. The Labute approximate surface area is 498 Å². The first kappa shape index (κ1) is 62.6. The van der Waals surface area contributed by atoms with Gasteiger partial charge in [-0.2, -0.15) is 10.4 Å². The van der Waals surface area contributed by atoms with Crippen LogP contribution in [0.5, 0.6) is 0 Å². The standard InChI is InChI=1S/C60H77F2N13O9S/c1-38(65-2)57(78)69-54(60(80)74-19-5-7-49(74)58-68-47(37-85-58)55(77)40-8-10-42(61)11-9-40)39-14-20-72(21-15-39)23-25-82-27-29-84-31-30-83-28-26-81-24-16-52(76)66-17-22-75-51(34-63)53-41-32-50(56(64)67-35-41)73-18-4-6-48(73)45-33-43(62)12-13-44(45)59(79)71(3)36-46(53)70-75/h8-13,32-33,35,38-39,47-49,54,65H,4-7,14-31,36-37H2,1-3H3,(H2,64,67)(H,66,76)(H,69,78)/t38-,47?,48-,49-,54-/m1/s1. The van der Waals surface area contributed by atoms with Crippen LogP contribution in [0, 0.1) is 28.9 Å². The maximum Gasteiger partial charge on any atom is 0.254 e. The van der Waals surface area contributed by atoms with Crippen LogP contribution in [0.3, 0.4) is 0 Å². The van der Waals surface area contributed by atoms with Crippen molar-refractivity contribution in [3.8, 4) is 17.2 Å². The van der Waals surface area contributed by atoms with Gasteiger partial charge in [-0.25, -0.2) is 13.8 Å². The number of nitrogens with zero attached hydrogens (tertiary/aromatic N) is 9. The molecule has 5 atom stereocenters. The minimum absolute atomic E-state index is 0.0500. The summed E-state index contributed by atoms with van der Waals surface area (Å²) in [5.74, 6) is -1.26. The Kier molecular flexibility index (Phi) is 22.0. The number of thioether (sulfide) groups is 1. The number of ketones is 1. The number of rotatable bonds is 26. The molecule has 0 aliphatic carbocycles. The number of nitrogen functional groups attached to an aromatic ring is 1. The molecule has 5 aliphatic rings. The molecule has 5 aliphatic heterocycles. The zero-order chi connectivity index (χ0) is 60.0. The highest BCUT2D eigenvalue weighted by atomic mass is 32.2. The van der Waals surface area contributed by atoms with Crippen molar-refractivity contribution < 1.29 is 51.7 Å². The third-order valence-corrected chi connectivity index (χ3v) is 17.6. The maximum atomic E-state index is 14.7. The van der Waals surface area contributed by atoms with Gasteiger partial charge in [0, 0.05) is 73.9 Å². The fourth-order valence-corrected chi connectivity index (χ4v) is 12.9. The second-order valence-electron chi connectivity index (χ2n) is 22.0. The number of anilines is 2. The van der Waals surface area contributed by atoms with Crippen LogP contribution in [-0.4, -0.2) is 200 Å². The first-order chi connectivity index (χ1) is 41.2. The zero-order valence-corrected chi connectivity index (χ0v) is 49.4. The van der Waals surface area contributed by atoms with Gasteiger partial charge in [-0.15, -0.1) is 11.8 Å². The number of benzene rings is 2. The van der Waals surface area contributed by atoms with E-state index in [1.165, 1.54) is 63.8 Å². The molecule has 25 heteroatoms. The van der Waals surface area contributed by atoms with Gasteiger partial charge in [0.15, 0.2) is 5.78 Å². The van der Waals surface area contributed by atoms with E-state index in [0.717, 1.165) is 56.8 Å². The number of likely N-dealkylation sites (N-methyl/N-ethyl adjacent to an activating group) is 1. The quantitative estimate of drug-likeness (QED) is 0.0502. The van der Waals surface area contributed by atoms with Crippen molar-refractivity contribution in [3.05, 3.63) is 94.4 Å². The number of piperidine rings is 1. The second kappa shape index (κ2) is 29.9. The SMILES string of the molecule is CN[C@H](C)C(=O)N[C@@H](C(=O)N1CCC[C@@H]1C1=NC(C(=O)c2ccc(F)cc2)CS1)C1CCN(CCOCCOCCOCCOCCC(=O)NCCn2nc3c(c2C#N)-c2cnc(N)c(c2)N2CCC[C@@H]2c2cc(F)ccc2C(=O)N(C)C3)CC1. The lowest BCUT2D eigenvalue weighted by atomic mass is 9.88. The predicted octanol–water partition coefficient (Wildman–Crippen LogP) is 4.37. The lowest BCUT2D eigenvalue weighted by molar-refractivity contribution is -0.138. The fourth-order valence-electron chi connectivity index (χ4n) is 11.7. The highest BCUT2D eigenvalue weighted by Gasteiger charge is 2.43. The topological polar surface area (TPSA) is 264 Å². The number of ether oxygens (including phenoxy) is 4. The number of likely N-dealkylation sites (tertiary alicyclic amines) is 2. The second-order valence-corrected chi connectivity index (χ2v) is 23.0. The minimum atomic E-state index is -0.702. The van der Waals surface area contributed by atoms with Crippen LogP contribution in [0.25, 0.3) is 11.1 Å². The van der Waals surface area contributed by atoms with Gasteiger partial charge in [0.1, 0.15) is 41.3 Å². The lowest BCUT2D eigenvalue weighted by Gasteiger charge is -2.38. The van der Waals surface area contributed by atoms with E-state index < -0.39 is 29.8 Å². The van der Waals surface area contributed by atoms with E-state index in [-0.39, 0.29) is 91.6 Å². The molecule has 4 aromatic rings. The van der Waals surface area contributed by atoms with Crippen molar-refractivity contribution >= 4 is 57.7 Å². The van der Waals surface area contributed by atoms with Gasteiger partial charge in [0.05, 0.1) is 100 Å². The highest BCUT2D eigenvalue weighted by molar-refractivity contribution is 8.14. The Morgan fingerprint density at radius 3 is 2.26 bits per heavy atom. The molecule has 0 saturated carbocycles. The van der Waals surface area contributed by atoms with E-state index >= 15 is 0 Å². The molecule has 0 radical (unpaired) electrons. The van der Waals surface area contributed by atoms with Crippen molar-refractivity contribution in [2.75, 3.05) is 123 Å². The number of nitrogens with one attached hydrogen (secondary N) is 3. The maximum absolute atomic E-state index is 14.7. The van der Waals surface area contributed by atoms with E-state index in [1.807, 2.05) is 11.0 Å². The Balaban J connectivity index is 0.635. The summed E-state index contributed by atoms with van der Waals surface area (Å²) < 4.78 is 52.6. The molecule has 7 heterocycles. The highest BCUT2D eigenvalue weighted by Crippen LogP contribution is 2.43. The molecular weight excluding hydrogens is 1120 g/mol. The normalized spacial score (nSPS) is 19.7. The van der Waals surface area contributed by atoms with Crippen LogP contribution in [-0.2, 0) is 46.4 Å². The number of fused-ring (bicyclic) bond motifs is 8. The van der Waals surface area contributed by atoms with Gasteiger partial charge in [-0.05, 0) is 126 Å². The third kappa shape index (κ3) is 15.6. The summed E-state index contributed by atoms with van der Waals surface area (Å²) >= 11 is 1.49. The van der Waals surface area contributed by atoms with E-state index in [2.05, 4.69) is 36.8 Å². The van der Waals surface area contributed by atoms with Crippen LogP contribution in [0.15, 0.2) is 59.7 Å². The Morgan fingerprint density at radius 2 is 1.54 bits per heavy atom. The van der Waals surface area contributed by atoms with Crippen LogP contribution in [0.2, 0.25) is 0 Å². The van der Waals surface area contributed by atoms with Gasteiger partial charge in [-0.3, -0.25) is 33.6 Å². The monoisotopic (exact) mass is 1190 g/mol. The van der Waals surface area contributed by atoms with Crippen molar-refractivity contribution in [3.63, 3.8) is 0 Å². The molecule has 4 amide bonds. The first-order valence-electron chi connectivity index (χ1n) is 29.4. The number of halogens is 2. The van der Waals surface area contributed by atoms with E-state index in [0.29, 0.717) is 111 Å². The van der Waals surface area contributed by atoms with Gasteiger partial charge in [0.25, 0.3) is 5.91 Å². The molecule has 456 valence electrons. The summed E-state index contributed by atoms with van der Waals surface area (Å²) in [7, 11) is 3.36. The molecule has 2 aromatic heterocycles. The minimum Gasteiger partial charge on any atom is -0.382 e. The average Bonchev–Trinajstić information content (AvgIpc) is 4.29. The molecule has 85 heavy (non-hydrogen) atoms. The number of amides is 4. The summed E-state index contributed by atoms with van der Waals surface area (Å²) in [6.07, 6.45) is 6.14. The van der Waals surface area contributed by atoms with Crippen molar-refractivity contribution in [1.29, 1.82) is 5.26 Å². The van der Waals surface area contributed by atoms with E-state index in [4.69, 9.17) is 34.8 Å². The van der Waals surface area contributed by atoms with Crippen LogP contribution < -0.4 is 26.6 Å². The van der Waals surface area contributed by atoms with Crippen LogP contribution >= 0.6 is 11.8 Å². The molecule has 3 saturated heterocycles. The summed E-state index contributed by atoms with van der Waals surface area (Å²) in [6.45, 7) is 8.41. The van der Waals surface area contributed by atoms with Crippen molar-refractivity contribution in [2.24, 2.45) is 10.9 Å². The van der Waals surface area contributed by atoms with Gasteiger partial charge in [0.2, 0.25) is 17.7 Å². The molecule has 9 rings (SSSR count). The summed E-state index contributed by atoms with van der Waals surface area (Å²) in [5.41, 5.74) is 10.3. The number of hydrogen-bond acceptors (Lipinski definition) is 18. The Morgan fingerprint density at radius 1 is 0.859 bits per heavy atom. The molecule has 3 fully saturated rings. The number of nitriles is 1. The number of aromatic nitrogens is 3. The molecule has 5 N–H and O–H groups in total. The number of aliphatic imine (C=N–C) groups is 1. The molecule has 2 aromatic carbocycles. The van der Waals surface area contributed by atoms with Gasteiger partial charge >= 0.3 is 0 Å². The predicted molar refractivity (Wildman–Crippen MR) is 316 cm³/mol. The number of carbonyl (C=O) groups is 5. The van der Waals surface area contributed by atoms with Crippen LogP contribution in [0.4, 0.5) is 20.3 Å². The van der Waals surface area contributed by atoms with E-state index in [9.17, 15) is 38.0 Å². The molecular formula is C60H77F2N13O9S. The number of pyridine rings is 1. The van der Waals surface area contributed by atoms with E-state index in [1.54, 1.807) is 27.2 Å². The summed E-state index contributed by atoms with van der Waals surface area (Å²) in [6, 6.07) is 11.5.